The molecule has 0 saturated carbocycles. The lowest BCUT2D eigenvalue weighted by Crippen LogP contribution is -2.48. The lowest BCUT2D eigenvalue weighted by atomic mass is 10.1. The Hall–Kier alpha value is -1.36. The molecule has 1 aromatic rings. The van der Waals surface area contributed by atoms with Crippen molar-refractivity contribution < 1.29 is 53.2 Å². The molecular weight excluding hydrogens is 884 g/mol. The molecule has 0 aliphatic carbocycles. The number of likely N-dealkylation sites (N-methyl/N-ethyl adjacent to an activating group) is 1. The van der Waals surface area contributed by atoms with Crippen molar-refractivity contribution in [2.75, 3.05) is 29.9 Å². The highest BCUT2D eigenvalue weighted by atomic mass is 127. The molecule has 0 radical (unpaired) electrons. The molecule has 0 spiro atoms. The van der Waals surface area contributed by atoms with Gasteiger partial charge in [0.2, 0.25) is 6.10 Å². The molecule has 0 aliphatic heterocycles. The second-order valence-electron chi connectivity index (χ2n) is 7.84. The molecule has 0 aliphatic rings. The molecule has 2 N–H and O–H groups in total. The molecule has 3 unspecified atom stereocenters. The first kappa shape index (κ1) is 35.7. The zero-order valence-corrected chi connectivity index (χ0v) is 28.1. The minimum atomic E-state index is -1.78. The maximum absolute atomic E-state index is 13.6. The van der Waals surface area contributed by atoms with Crippen LogP contribution >= 0.6 is 79.6 Å². The molecule has 17 heteroatoms. The highest BCUT2D eigenvalue weighted by molar-refractivity contribution is 14.1. The van der Waals surface area contributed by atoms with Crippen LogP contribution < -0.4 is 3.11 Å². The number of rotatable bonds is 12. The number of hydrogen-bond acceptors (Lipinski definition) is 11. The third kappa shape index (κ3) is 10.2. The van der Waals surface area contributed by atoms with Crippen LogP contribution in [-0.4, -0.2) is 95.2 Å². The molecule has 1 rings (SSSR count). The van der Waals surface area contributed by atoms with E-state index in [0.717, 1.165) is 28.8 Å². The maximum atomic E-state index is 13.6. The van der Waals surface area contributed by atoms with Crippen LogP contribution in [0.2, 0.25) is 0 Å². The molecule has 3 atom stereocenters. The fourth-order valence-corrected chi connectivity index (χ4v) is 6.77. The Morgan fingerprint density at radius 2 is 1.56 bits per heavy atom. The first-order valence-electron chi connectivity index (χ1n) is 10.8. The van der Waals surface area contributed by atoms with Crippen molar-refractivity contribution in [2.24, 2.45) is 0 Å². The largest absolute Gasteiger partial charge is 0.462 e. The van der Waals surface area contributed by atoms with Crippen LogP contribution in [0.3, 0.4) is 0 Å². The molecule has 2 amide bonds. The Kier molecular flexibility index (Phi) is 14.8. The molecule has 13 nitrogen and oxygen atoms in total. The summed E-state index contributed by atoms with van der Waals surface area (Å²) >= 11 is 10.8. The van der Waals surface area contributed by atoms with E-state index in [0.29, 0.717) is 0 Å². The zero-order valence-electron chi connectivity index (χ0n) is 20.9. The van der Waals surface area contributed by atoms with E-state index in [1.165, 1.54) is 13.1 Å². The number of carbonyl (C=O) groups excluding carboxylic acids is 6. The van der Waals surface area contributed by atoms with E-state index < -0.39 is 66.5 Å². The van der Waals surface area contributed by atoms with Gasteiger partial charge in [-0.05, 0) is 62.8 Å². The van der Waals surface area contributed by atoms with E-state index in [-0.39, 0.29) is 30.5 Å². The molecule has 39 heavy (non-hydrogen) atoms. The first-order valence-corrected chi connectivity index (χ1v) is 14.3. The van der Waals surface area contributed by atoms with Crippen LogP contribution in [0.5, 0.6) is 0 Å². The van der Waals surface area contributed by atoms with Crippen molar-refractivity contribution in [3.05, 3.63) is 24.3 Å². The van der Waals surface area contributed by atoms with Crippen LogP contribution in [0, 0.1) is 7.14 Å². The van der Waals surface area contributed by atoms with Crippen molar-refractivity contribution in [2.45, 2.75) is 39.1 Å². The minimum Gasteiger partial charge on any atom is -0.462 e. The number of benzene rings is 1. The van der Waals surface area contributed by atoms with Crippen molar-refractivity contribution in [3.8, 4) is 0 Å². The standard InChI is InChI=1S/C22H24ClI3N2O11/c1-9(30)37-8-15(38-10(2)31)19(39-11(3)32)22(36)28(26)14-5-13(20(23)34)17(24)16(18(14)25)21(35)27(4)6-12(33)7-29/h5,12,15,19,29,33H,6-8H2,1-4H3. The second-order valence-corrected chi connectivity index (χ2v) is 11.3. The number of anilines is 1. The molecule has 0 heterocycles. The summed E-state index contributed by atoms with van der Waals surface area (Å²) in [4.78, 5) is 75.1. The highest BCUT2D eigenvalue weighted by Crippen LogP contribution is 2.36. The summed E-state index contributed by atoms with van der Waals surface area (Å²) in [6.07, 6.45) is -4.54. The normalized spacial score (nSPS) is 13.0. The Bertz CT molecular complexity index is 1150. The molecule has 216 valence electrons. The second kappa shape index (κ2) is 16.2. The average molecular weight is 909 g/mol. The van der Waals surface area contributed by atoms with Crippen LogP contribution in [0.15, 0.2) is 6.07 Å². The molecule has 1 aromatic carbocycles. The van der Waals surface area contributed by atoms with Gasteiger partial charge in [-0.1, -0.05) is 0 Å². The Morgan fingerprint density at radius 3 is 2.03 bits per heavy atom. The summed E-state index contributed by atoms with van der Waals surface area (Å²) in [5.41, 5.74) is -0.154. The summed E-state index contributed by atoms with van der Waals surface area (Å²) in [6.45, 7) is 1.70. The molecule has 0 aromatic heterocycles. The first-order chi connectivity index (χ1) is 18.0. The lowest BCUT2D eigenvalue weighted by molar-refractivity contribution is -0.175. The van der Waals surface area contributed by atoms with Crippen molar-refractivity contribution in [3.63, 3.8) is 0 Å². The smallest absolute Gasteiger partial charge is 0.303 e. The van der Waals surface area contributed by atoms with Gasteiger partial charge in [0.1, 0.15) is 6.61 Å². The van der Waals surface area contributed by atoms with E-state index in [9.17, 15) is 33.9 Å². The Morgan fingerprint density at radius 1 is 1.00 bits per heavy atom. The topological polar surface area (TPSA) is 177 Å². The monoisotopic (exact) mass is 908 g/mol. The van der Waals surface area contributed by atoms with Gasteiger partial charge in [0.05, 0.1) is 56.0 Å². The summed E-state index contributed by atoms with van der Waals surface area (Å²) in [5.74, 6) is -4.12. The predicted octanol–water partition coefficient (Wildman–Crippen LogP) is 1.81. The van der Waals surface area contributed by atoms with Crippen LogP contribution in [0.1, 0.15) is 41.5 Å². The van der Waals surface area contributed by atoms with Gasteiger partial charge in [-0.2, -0.15) is 0 Å². The van der Waals surface area contributed by atoms with Gasteiger partial charge in [-0.15, -0.1) is 0 Å². The van der Waals surface area contributed by atoms with E-state index in [2.05, 4.69) is 0 Å². The van der Waals surface area contributed by atoms with Crippen molar-refractivity contribution >= 4 is 120 Å². The van der Waals surface area contributed by atoms with Crippen LogP contribution in [0.4, 0.5) is 5.69 Å². The number of aliphatic hydroxyl groups is 2. The summed E-state index contributed by atoms with van der Waals surface area (Å²) < 4.78 is 16.4. The lowest BCUT2D eigenvalue weighted by Gasteiger charge is -2.29. The Labute approximate surface area is 269 Å². The fraction of sp³-hybridized carbons (Fsp3) is 0.455. The number of nitrogens with zero attached hydrogens (tertiary/aromatic N) is 2. The van der Waals surface area contributed by atoms with E-state index in [4.69, 9.17) is 30.9 Å². The minimum absolute atomic E-state index is 0.00344. The molecule has 0 saturated heterocycles. The number of hydrogen-bond donors (Lipinski definition) is 2. The van der Waals surface area contributed by atoms with Gasteiger partial charge < -0.3 is 29.3 Å². The average Bonchev–Trinajstić information content (AvgIpc) is 2.83. The molecular formula is C22H24ClI3N2O11. The van der Waals surface area contributed by atoms with Crippen molar-refractivity contribution in [1.82, 2.24) is 4.90 Å². The number of esters is 3. The Balaban J connectivity index is 3.69. The summed E-state index contributed by atoms with van der Waals surface area (Å²) in [5, 5.41) is 18.0. The number of aliphatic hydroxyl groups excluding tert-OH is 2. The van der Waals surface area contributed by atoms with Gasteiger partial charge in [-0.3, -0.25) is 28.8 Å². The number of ether oxygens (including phenoxy) is 3. The van der Waals surface area contributed by atoms with Gasteiger partial charge in [0.25, 0.3) is 17.1 Å². The molecule has 0 fully saturated rings. The molecule has 0 bridgehead atoms. The van der Waals surface area contributed by atoms with E-state index in [1.54, 1.807) is 68.0 Å². The van der Waals surface area contributed by atoms with E-state index in [1.807, 2.05) is 0 Å². The maximum Gasteiger partial charge on any atom is 0.303 e. The van der Waals surface area contributed by atoms with Crippen molar-refractivity contribution in [1.29, 1.82) is 0 Å². The number of carbonyl (C=O) groups is 6. The fourth-order valence-electron chi connectivity index (χ4n) is 3.03. The van der Waals surface area contributed by atoms with Gasteiger partial charge in [0, 0.05) is 37.9 Å². The third-order valence-electron chi connectivity index (χ3n) is 4.70. The number of halogens is 4. The number of amides is 2. The van der Waals surface area contributed by atoms with Gasteiger partial charge in [0.15, 0.2) is 6.10 Å². The third-order valence-corrected chi connectivity index (χ3v) is 8.11. The van der Waals surface area contributed by atoms with Gasteiger partial charge in [-0.25, -0.2) is 3.11 Å². The highest BCUT2D eigenvalue weighted by Gasteiger charge is 2.39. The predicted molar refractivity (Wildman–Crippen MR) is 161 cm³/mol. The zero-order chi connectivity index (χ0) is 30.2. The van der Waals surface area contributed by atoms with Crippen LogP contribution in [0.25, 0.3) is 0 Å². The van der Waals surface area contributed by atoms with Gasteiger partial charge >= 0.3 is 17.9 Å². The summed E-state index contributed by atoms with van der Waals surface area (Å²) in [7, 11) is 1.37. The quantitative estimate of drug-likeness (QED) is 0.103. The SMILES string of the molecule is CC(=O)OCC(OC(C)=O)C(OC(C)=O)C(=O)N(I)c1cc(C(=O)Cl)c(I)c(C(=O)N(C)CC(O)CO)c1I. The van der Waals surface area contributed by atoms with Crippen LogP contribution in [-0.2, 0) is 33.4 Å². The van der Waals surface area contributed by atoms with E-state index >= 15 is 0 Å². The summed E-state index contributed by atoms with van der Waals surface area (Å²) in [6, 6.07) is 1.25.